The van der Waals surface area contributed by atoms with E-state index in [1.807, 2.05) is 60.0 Å². The number of aromatic nitrogens is 2. The van der Waals surface area contributed by atoms with Crippen LogP contribution in [0, 0.1) is 17.0 Å². The molecule has 1 N–H and O–H groups in total. The van der Waals surface area contributed by atoms with Gasteiger partial charge in [-0.05, 0) is 48.4 Å². The molecule has 10 heteroatoms. The quantitative estimate of drug-likeness (QED) is 0.163. The molecule has 0 saturated carbocycles. The molecule has 0 radical (unpaired) electrons. The van der Waals surface area contributed by atoms with Crippen LogP contribution >= 0.6 is 0 Å². The first kappa shape index (κ1) is 24.0. The maximum absolute atomic E-state index is 13.1. The van der Waals surface area contributed by atoms with E-state index in [-0.39, 0.29) is 16.3 Å². The Hall–Kier alpha value is -4.70. The smallest absolute Gasteiger partial charge is 0.339 e. The summed E-state index contributed by atoms with van der Waals surface area (Å²) in [6.45, 7) is 2.48. The Labute approximate surface area is 213 Å². The highest BCUT2D eigenvalue weighted by molar-refractivity contribution is 7.87. The number of non-ortho nitro benzene ring substituents is 1. The van der Waals surface area contributed by atoms with E-state index in [9.17, 15) is 18.5 Å². The lowest BCUT2D eigenvalue weighted by Gasteiger charge is -2.13. The SMILES string of the molecule is Cc1cccn2c(NCc3ccccc3)c(-c3ccccc3OS(=O)(=O)c3ccc([N+](=O)[O-])cc3)nc12. The second-order valence-corrected chi connectivity index (χ2v) is 9.86. The number of fused-ring (bicyclic) bond motifs is 1. The van der Waals surface area contributed by atoms with Crippen LogP contribution in [0.25, 0.3) is 16.9 Å². The molecule has 2 aromatic heterocycles. The molecule has 0 amide bonds. The highest BCUT2D eigenvalue weighted by Gasteiger charge is 2.23. The first-order chi connectivity index (χ1) is 17.8. The van der Waals surface area contributed by atoms with Crippen molar-refractivity contribution in [2.75, 3.05) is 5.32 Å². The van der Waals surface area contributed by atoms with Crippen LogP contribution < -0.4 is 9.50 Å². The summed E-state index contributed by atoms with van der Waals surface area (Å²) in [7, 11) is -4.27. The summed E-state index contributed by atoms with van der Waals surface area (Å²) < 4.78 is 33.6. The Morgan fingerprint density at radius 3 is 2.38 bits per heavy atom. The molecule has 0 atom stereocenters. The largest absolute Gasteiger partial charge is 0.378 e. The van der Waals surface area contributed by atoms with Gasteiger partial charge in [0.25, 0.3) is 5.69 Å². The first-order valence-corrected chi connectivity index (χ1v) is 12.8. The number of para-hydroxylation sites is 1. The van der Waals surface area contributed by atoms with Gasteiger partial charge in [0.05, 0.1) is 4.92 Å². The number of imidazole rings is 1. The maximum atomic E-state index is 13.1. The summed E-state index contributed by atoms with van der Waals surface area (Å²) in [5.41, 5.74) is 3.54. The molecule has 37 heavy (non-hydrogen) atoms. The molecule has 0 spiro atoms. The molecule has 5 rings (SSSR count). The molecular weight excluding hydrogens is 492 g/mol. The van der Waals surface area contributed by atoms with Crippen molar-refractivity contribution in [3.8, 4) is 17.0 Å². The number of aryl methyl sites for hydroxylation is 1. The molecule has 0 saturated heterocycles. The van der Waals surface area contributed by atoms with Gasteiger partial charge in [-0.25, -0.2) is 4.98 Å². The average Bonchev–Trinajstić information content (AvgIpc) is 3.28. The fourth-order valence-electron chi connectivity index (χ4n) is 3.98. The summed E-state index contributed by atoms with van der Waals surface area (Å²) in [4.78, 5) is 15.0. The Morgan fingerprint density at radius 2 is 1.65 bits per heavy atom. The number of benzene rings is 3. The predicted molar refractivity (Wildman–Crippen MR) is 140 cm³/mol. The van der Waals surface area contributed by atoms with Crippen molar-refractivity contribution < 1.29 is 17.5 Å². The van der Waals surface area contributed by atoms with Crippen LogP contribution in [-0.2, 0) is 16.7 Å². The van der Waals surface area contributed by atoms with Gasteiger partial charge in [-0.1, -0.05) is 48.5 Å². The van der Waals surface area contributed by atoms with Gasteiger partial charge in [-0.2, -0.15) is 8.42 Å². The summed E-state index contributed by atoms with van der Waals surface area (Å²) in [5.74, 6) is 0.774. The van der Waals surface area contributed by atoms with E-state index in [1.54, 1.807) is 24.3 Å². The van der Waals surface area contributed by atoms with Crippen molar-refractivity contribution in [2.45, 2.75) is 18.4 Å². The molecule has 0 fully saturated rings. The van der Waals surface area contributed by atoms with Gasteiger partial charge in [0.1, 0.15) is 22.1 Å². The van der Waals surface area contributed by atoms with Gasteiger partial charge in [0, 0.05) is 30.4 Å². The normalized spacial score (nSPS) is 11.4. The van der Waals surface area contributed by atoms with Crippen LogP contribution in [0.15, 0.2) is 102 Å². The minimum Gasteiger partial charge on any atom is -0.378 e. The van der Waals surface area contributed by atoms with E-state index in [2.05, 4.69) is 5.32 Å². The van der Waals surface area contributed by atoms with Crippen molar-refractivity contribution in [1.82, 2.24) is 9.38 Å². The van der Waals surface area contributed by atoms with Crippen molar-refractivity contribution in [3.63, 3.8) is 0 Å². The fourth-order valence-corrected chi connectivity index (χ4v) is 4.93. The van der Waals surface area contributed by atoms with Crippen molar-refractivity contribution in [3.05, 3.63) is 118 Å². The van der Waals surface area contributed by atoms with Crippen molar-refractivity contribution >= 4 is 27.3 Å². The van der Waals surface area contributed by atoms with E-state index in [0.717, 1.165) is 41.0 Å². The van der Waals surface area contributed by atoms with Gasteiger partial charge in [0.2, 0.25) is 0 Å². The van der Waals surface area contributed by atoms with Crippen LogP contribution in [0.2, 0.25) is 0 Å². The van der Waals surface area contributed by atoms with E-state index in [4.69, 9.17) is 9.17 Å². The standard InChI is InChI=1S/C27H22N4O5S/c1-19-8-7-17-30-26(19)29-25(27(30)28-18-20-9-3-2-4-10-20)23-11-5-6-12-24(23)36-37(34,35)22-15-13-21(14-16-22)31(32)33/h2-17,28H,18H2,1H3. The molecule has 186 valence electrons. The zero-order chi connectivity index (χ0) is 26.0. The third-order valence-corrected chi connectivity index (χ3v) is 7.07. The van der Waals surface area contributed by atoms with Gasteiger partial charge in [0.15, 0.2) is 5.75 Å². The first-order valence-electron chi connectivity index (χ1n) is 11.4. The maximum Gasteiger partial charge on any atom is 0.339 e. The van der Waals surface area contributed by atoms with Gasteiger partial charge in [-0.3, -0.25) is 14.5 Å². The number of hydrogen-bond donors (Lipinski definition) is 1. The van der Waals surface area contributed by atoms with E-state index < -0.39 is 15.0 Å². The number of rotatable bonds is 8. The van der Waals surface area contributed by atoms with E-state index in [0.29, 0.717) is 23.6 Å². The van der Waals surface area contributed by atoms with Crippen LogP contribution in [0.3, 0.4) is 0 Å². The second kappa shape index (κ2) is 9.75. The topological polar surface area (TPSA) is 116 Å². The number of nitro benzene ring substituents is 1. The van der Waals surface area contributed by atoms with E-state index in [1.165, 1.54) is 0 Å². The van der Waals surface area contributed by atoms with Crippen LogP contribution in [0.1, 0.15) is 11.1 Å². The Kier molecular flexibility index (Phi) is 6.33. The fraction of sp³-hybridized carbons (Fsp3) is 0.0741. The number of pyridine rings is 1. The number of anilines is 1. The number of nitro groups is 1. The molecule has 0 unspecified atom stereocenters. The zero-order valence-corrected chi connectivity index (χ0v) is 20.6. The Morgan fingerprint density at radius 1 is 0.946 bits per heavy atom. The monoisotopic (exact) mass is 514 g/mol. The van der Waals surface area contributed by atoms with Gasteiger partial charge >= 0.3 is 10.1 Å². The molecular formula is C27H22N4O5S. The molecule has 0 aliphatic heterocycles. The Balaban J connectivity index is 1.56. The zero-order valence-electron chi connectivity index (χ0n) is 19.7. The minimum absolute atomic E-state index is 0.0877. The predicted octanol–water partition coefficient (Wildman–Crippen LogP) is 5.60. The number of nitrogens with one attached hydrogen (secondary N) is 1. The van der Waals surface area contributed by atoms with Gasteiger partial charge in [-0.15, -0.1) is 0 Å². The van der Waals surface area contributed by atoms with Crippen molar-refractivity contribution in [1.29, 1.82) is 0 Å². The summed E-state index contributed by atoms with van der Waals surface area (Å²) >= 11 is 0. The molecule has 0 aliphatic carbocycles. The molecule has 9 nitrogen and oxygen atoms in total. The van der Waals surface area contributed by atoms with Crippen LogP contribution in [-0.4, -0.2) is 22.7 Å². The summed E-state index contributed by atoms with van der Waals surface area (Å²) in [6, 6.07) is 25.0. The highest BCUT2D eigenvalue weighted by Crippen LogP contribution is 2.37. The molecule has 2 heterocycles. The van der Waals surface area contributed by atoms with Crippen molar-refractivity contribution in [2.24, 2.45) is 0 Å². The molecule has 5 aromatic rings. The lowest BCUT2D eigenvalue weighted by Crippen LogP contribution is -2.10. The summed E-state index contributed by atoms with van der Waals surface area (Å²) in [5, 5.41) is 14.4. The lowest BCUT2D eigenvalue weighted by molar-refractivity contribution is -0.384. The van der Waals surface area contributed by atoms with Crippen LogP contribution in [0.4, 0.5) is 11.5 Å². The summed E-state index contributed by atoms with van der Waals surface area (Å²) in [6.07, 6.45) is 1.89. The minimum atomic E-state index is -4.27. The Bertz CT molecular complexity index is 1700. The molecule has 3 aromatic carbocycles. The highest BCUT2D eigenvalue weighted by atomic mass is 32.2. The average molecular weight is 515 g/mol. The lowest BCUT2D eigenvalue weighted by atomic mass is 10.1. The number of hydrogen-bond acceptors (Lipinski definition) is 7. The van der Waals surface area contributed by atoms with E-state index >= 15 is 0 Å². The third kappa shape index (κ3) is 4.87. The van der Waals surface area contributed by atoms with Gasteiger partial charge < -0.3 is 9.50 Å². The number of nitrogens with zero attached hydrogens (tertiary/aromatic N) is 3. The molecule has 0 bridgehead atoms. The van der Waals surface area contributed by atoms with Crippen LogP contribution in [0.5, 0.6) is 5.75 Å². The second-order valence-electron chi connectivity index (χ2n) is 8.32. The molecule has 0 aliphatic rings. The third-order valence-electron chi connectivity index (χ3n) is 5.83.